The Morgan fingerprint density at radius 1 is 1.12 bits per heavy atom. The summed E-state index contributed by atoms with van der Waals surface area (Å²) in [6.07, 6.45) is 1.64. The number of carbonyl (C=O) groups excluding carboxylic acids is 3. The molecule has 2 N–H and O–H groups in total. The first-order valence-corrected chi connectivity index (χ1v) is 8.38. The van der Waals surface area contributed by atoms with Crippen LogP contribution in [-0.2, 0) is 22.4 Å². The van der Waals surface area contributed by atoms with E-state index in [0.29, 0.717) is 12.0 Å². The molecule has 0 aliphatic carbocycles. The highest BCUT2D eigenvalue weighted by Crippen LogP contribution is 2.18. The third kappa shape index (κ3) is 4.12. The van der Waals surface area contributed by atoms with Crippen molar-refractivity contribution in [3.63, 3.8) is 0 Å². The van der Waals surface area contributed by atoms with Gasteiger partial charge in [-0.25, -0.2) is 0 Å². The topological polar surface area (TPSA) is 75.3 Å². The van der Waals surface area contributed by atoms with E-state index in [1.54, 1.807) is 12.1 Å². The summed E-state index contributed by atoms with van der Waals surface area (Å²) in [4.78, 5) is 35.2. The zero-order valence-electron chi connectivity index (χ0n) is 14.0. The molecule has 2 aromatic carbocycles. The van der Waals surface area contributed by atoms with Gasteiger partial charge in [0.2, 0.25) is 11.8 Å². The molecule has 0 radical (unpaired) electrons. The number of anilines is 1. The number of aryl methyl sites for hydroxylation is 1. The Balaban J connectivity index is 1.64. The lowest BCUT2D eigenvalue weighted by Gasteiger charge is -2.09. The first kappa shape index (κ1) is 16.9. The summed E-state index contributed by atoms with van der Waals surface area (Å²) >= 11 is 0. The maximum atomic E-state index is 12.3. The number of hydrogen-bond acceptors (Lipinski definition) is 3. The van der Waals surface area contributed by atoms with E-state index in [2.05, 4.69) is 17.6 Å². The molecule has 1 aliphatic rings. The zero-order chi connectivity index (χ0) is 17.8. The van der Waals surface area contributed by atoms with Gasteiger partial charge in [0.05, 0.1) is 5.92 Å². The van der Waals surface area contributed by atoms with Gasteiger partial charge in [0.25, 0.3) is 5.91 Å². The molecule has 0 saturated carbocycles. The third-order valence-corrected chi connectivity index (χ3v) is 4.36. The molecule has 3 rings (SSSR count). The first-order chi connectivity index (χ1) is 12.0. The number of nitrogens with one attached hydrogen (secondary N) is 2. The molecule has 1 atom stereocenters. The zero-order valence-corrected chi connectivity index (χ0v) is 14.0. The maximum absolute atomic E-state index is 12.3. The molecule has 5 heteroatoms. The lowest BCUT2D eigenvalue weighted by Crippen LogP contribution is -2.22. The van der Waals surface area contributed by atoms with Gasteiger partial charge in [-0.3, -0.25) is 19.7 Å². The van der Waals surface area contributed by atoms with Gasteiger partial charge in [0.1, 0.15) is 0 Å². The Morgan fingerprint density at radius 3 is 2.52 bits per heavy atom. The fraction of sp³-hybridized carbons (Fsp3) is 0.250. The number of amides is 3. The molecule has 1 aliphatic heterocycles. The lowest BCUT2D eigenvalue weighted by molar-refractivity contribution is -0.125. The Bertz CT molecular complexity index is 812. The molecular weight excluding hydrogens is 316 g/mol. The van der Waals surface area contributed by atoms with Gasteiger partial charge in [0, 0.05) is 17.7 Å². The van der Waals surface area contributed by atoms with Crippen molar-refractivity contribution in [2.45, 2.75) is 26.2 Å². The van der Waals surface area contributed by atoms with Gasteiger partial charge in [0.15, 0.2) is 0 Å². The van der Waals surface area contributed by atoms with Crippen molar-refractivity contribution in [3.8, 4) is 0 Å². The molecule has 2 aromatic rings. The molecule has 25 heavy (non-hydrogen) atoms. The minimum Gasteiger partial charge on any atom is -0.322 e. The number of hydrogen-bond donors (Lipinski definition) is 2. The Hall–Kier alpha value is -2.95. The van der Waals surface area contributed by atoms with Crippen LogP contribution in [0.2, 0.25) is 0 Å². The normalized spacial score (nSPS) is 16.6. The van der Waals surface area contributed by atoms with E-state index in [-0.39, 0.29) is 30.1 Å². The third-order valence-electron chi connectivity index (χ3n) is 4.36. The predicted octanol–water partition coefficient (Wildman–Crippen LogP) is 2.71. The largest absolute Gasteiger partial charge is 0.322 e. The molecule has 0 bridgehead atoms. The molecular formula is C20H20N2O3. The summed E-state index contributed by atoms with van der Waals surface area (Å²) in [5.74, 6) is -0.930. The molecule has 1 fully saturated rings. The van der Waals surface area contributed by atoms with Crippen molar-refractivity contribution in [1.82, 2.24) is 5.32 Å². The maximum Gasteiger partial charge on any atom is 0.255 e. The second-order valence-corrected chi connectivity index (χ2v) is 6.22. The molecule has 3 amide bonds. The summed E-state index contributed by atoms with van der Waals surface area (Å²) in [6.45, 7) is 2.07. The molecule has 0 spiro atoms. The first-order valence-electron chi connectivity index (χ1n) is 8.38. The monoisotopic (exact) mass is 336 g/mol. The van der Waals surface area contributed by atoms with Crippen LogP contribution < -0.4 is 10.6 Å². The van der Waals surface area contributed by atoms with Gasteiger partial charge in [-0.1, -0.05) is 31.2 Å². The van der Waals surface area contributed by atoms with Crippen molar-refractivity contribution >= 4 is 23.4 Å². The second-order valence-electron chi connectivity index (χ2n) is 6.22. The summed E-state index contributed by atoms with van der Waals surface area (Å²) in [5, 5.41) is 5.20. The Morgan fingerprint density at radius 2 is 1.88 bits per heavy atom. The highest BCUT2D eigenvalue weighted by atomic mass is 16.2. The highest BCUT2D eigenvalue weighted by Gasteiger charge is 2.30. The number of benzene rings is 2. The van der Waals surface area contributed by atoms with Crippen LogP contribution in [0.15, 0.2) is 48.5 Å². The fourth-order valence-corrected chi connectivity index (χ4v) is 2.92. The van der Waals surface area contributed by atoms with Crippen LogP contribution in [0.3, 0.4) is 0 Å². The Labute approximate surface area is 146 Å². The SMILES string of the molecule is CCc1cccc(NC(=O)c2ccc(CC3CC(=O)NC3=O)cc2)c1. The molecule has 128 valence electrons. The lowest BCUT2D eigenvalue weighted by atomic mass is 9.97. The van der Waals surface area contributed by atoms with E-state index < -0.39 is 0 Å². The van der Waals surface area contributed by atoms with Crippen LogP contribution >= 0.6 is 0 Å². The van der Waals surface area contributed by atoms with Crippen molar-refractivity contribution in [2.24, 2.45) is 5.92 Å². The van der Waals surface area contributed by atoms with E-state index in [0.717, 1.165) is 23.2 Å². The molecule has 1 unspecified atom stereocenters. The predicted molar refractivity (Wildman–Crippen MR) is 95.2 cm³/mol. The smallest absolute Gasteiger partial charge is 0.255 e. The Kier molecular flexibility index (Phi) is 4.93. The second kappa shape index (κ2) is 7.30. The van der Waals surface area contributed by atoms with E-state index in [1.807, 2.05) is 36.4 Å². The van der Waals surface area contributed by atoms with Gasteiger partial charge in [-0.15, -0.1) is 0 Å². The average Bonchev–Trinajstić information content (AvgIpc) is 2.93. The van der Waals surface area contributed by atoms with Crippen molar-refractivity contribution in [3.05, 3.63) is 65.2 Å². The van der Waals surface area contributed by atoms with Gasteiger partial charge in [-0.2, -0.15) is 0 Å². The van der Waals surface area contributed by atoms with Crippen LogP contribution in [0.4, 0.5) is 5.69 Å². The van der Waals surface area contributed by atoms with Crippen molar-refractivity contribution in [2.75, 3.05) is 5.32 Å². The number of imide groups is 1. The van der Waals surface area contributed by atoms with Gasteiger partial charge >= 0.3 is 0 Å². The highest BCUT2D eigenvalue weighted by molar-refractivity contribution is 6.04. The fourth-order valence-electron chi connectivity index (χ4n) is 2.92. The summed E-state index contributed by atoms with van der Waals surface area (Å²) in [6, 6.07) is 14.9. The van der Waals surface area contributed by atoms with Crippen LogP contribution in [0.1, 0.15) is 34.8 Å². The summed E-state index contributed by atoms with van der Waals surface area (Å²) < 4.78 is 0. The minimum absolute atomic E-state index is 0.173. The van der Waals surface area contributed by atoms with Crippen LogP contribution in [0, 0.1) is 5.92 Å². The number of rotatable bonds is 5. The van der Waals surface area contributed by atoms with E-state index in [9.17, 15) is 14.4 Å². The quantitative estimate of drug-likeness (QED) is 0.824. The van der Waals surface area contributed by atoms with Gasteiger partial charge in [-0.05, 0) is 48.2 Å². The minimum atomic E-state index is -0.316. The van der Waals surface area contributed by atoms with Crippen LogP contribution in [0.25, 0.3) is 0 Å². The van der Waals surface area contributed by atoms with Gasteiger partial charge < -0.3 is 5.32 Å². The number of carbonyl (C=O) groups is 3. The van der Waals surface area contributed by atoms with Crippen molar-refractivity contribution in [1.29, 1.82) is 0 Å². The van der Waals surface area contributed by atoms with Crippen LogP contribution in [0.5, 0.6) is 0 Å². The van der Waals surface area contributed by atoms with Crippen molar-refractivity contribution < 1.29 is 14.4 Å². The van der Waals surface area contributed by atoms with E-state index in [1.165, 1.54) is 0 Å². The van der Waals surface area contributed by atoms with E-state index >= 15 is 0 Å². The van der Waals surface area contributed by atoms with Crippen LogP contribution in [-0.4, -0.2) is 17.7 Å². The molecule has 5 nitrogen and oxygen atoms in total. The summed E-state index contributed by atoms with van der Waals surface area (Å²) in [5.41, 5.74) is 3.42. The average molecular weight is 336 g/mol. The molecule has 1 saturated heterocycles. The van der Waals surface area contributed by atoms with E-state index in [4.69, 9.17) is 0 Å². The molecule has 0 aromatic heterocycles. The summed E-state index contributed by atoms with van der Waals surface area (Å²) in [7, 11) is 0. The standard InChI is InChI=1S/C20H20N2O3/c1-2-13-4-3-5-17(11-13)21-19(24)15-8-6-14(7-9-15)10-16-12-18(23)22-20(16)25/h3-9,11,16H,2,10,12H2,1H3,(H,21,24)(H,22,23,25). The molecule has 1 heterocycles.